The van der Waals surface area contributed by atoms with E-state index < -0.39 is 15.7 Å². The maximum absolute atomic E-state index is 13.3. The minimum Gasteiger partial charge on any atom is -0.356 e. The van der Waals surface area contributed by atoms with Crippen molar-refractivity contribution in [1.82, 2.24) is 19.8 Å². The molecule has 0 aliphatic carbocycles. The fourth-order valence-corrected chi connectivity index (χ4v) is 4.76. The highest BCUT2D eigenvalue weighted by Gasteiger charge is 2.27. The Balaban J connectivity index is 1.82. The molecule has 4 rings (SSSR count). The Labute approximate surface area is 214 Å². The van der Waals surface area contributed by atoms with Crippen molar-refractivity contribution in [2.45, 2.75) is 44.9 Å². The number of nitrogens with one attached hydrogen (secondary N) is 1. The van der Waals surface area contributed by atoms with E-state index in [1.54, 1.807) is 20.2 Å². The van der Waals surface area contributed by atoms with Gasteiger partial charge in [0.15, 0.2) is 5.58 Å². The second-order valence-corrected chi connectivity index (χ2v) is 12.0. The van der Waals surface area contributed by atoms with Crippen LogP contribution in [0.25, 0.3) is 22.2 Å². The summed E-state index contributed by atoms with van der Waals surface area (Å²) in [5, 5.41) is 5.28. The van der Waals surface area contributed by atoms with Crippen LogP contribution in [-0.4, -0.2) is 44.0 Å². The van der Waals surface area contributed by atoms with E-state index in [1.165, 1.54) is 4.90 Å². The highest BCUT2D eigenvalue weighted by atomic mass is 32.2. The maximum Gasteiger partial charge on any atom is 0.271 e. The summed E-state index contributed by atoms with van der Waals surface area (Å²) in [5.41, 5.74) is 5.37. The molecule has 0 unspecified atom stereocenters. The van der Waals surface area contributed by atoms with Crippen LogP contribution >= 0.6 is 0 Å². The van der Waals surface area contributed by atoms with Gasteiger partial charge in [0.1, 0.15) is 11.4 Å². The number of carbonyl (C=O) groups excluding carboxylic acids is 1. The molecule has 0 aliphatic heterocycles. The molecule has 0 radical (unpaired) electrons. The Hall–Kier alpha value is -3.36. The molecule has 2 aromatic carbocycles. The lowest BCUT2D eigenvalue weighted by atomic mass is 9.93. The van der Waals surface area contributed by atoms with E-state index in [0.717, 1.165) is 33.5 Å². The quantitative estimate of drug-likeness (QED) is 0.372. The molecule has 0 fully saturated rings. The fourth-order valence-electron chi connectivity index (χ4n) is 3.94. The summed E-state index contributed by atoms with van der Waals surface area (Å²) < 4.78 is 21.7. The number of hydrogen-bond acceptors (Lipinski definition) is 5. The van der Waals surface area contributed by atoms with Gasteiger partial charge in [0.2, 0.25) is 0 Å². The second-order valence-electron chi connectivity index (χ2n) is 10.0. The van der Waals surface area contributed by atoms with E-state index in [1.807, 2.05) is 82.3 Å². The molecule has 1 N–H and O–H groups in total. The summed E-state index contributed by atoms with van der Waals surface area (Å²) in [6.07, 6.45) is 0.439. The number of aromatic nitrogens is 2. The average molecular weight is 505 g/mol. The van der Waals surface area contributed by atoms with Crippen molar-refractivity contribution in [2.24, 2.45) is 0 Å². The van der Waals surface area contributed by atoms with Crippen molar-refractivity contribution >= 4 is 27.9 Å². The number of carbonyl (C=O) groups is 1. The van der Waals surface area contributed by atoms with Gasteiger partial charge in [-0.1, -0.05) is 47.6 Å². The van der Waals surface area contributed by atoms with E-state index in [2.05, 4.69) is 9.88 Å². The highest BCUT2D eigenvalue weighted by Crippen LogP contribution is 2.35. The zero-order valence-corrected chi connectivity index (χ0v) is 22.3. The summed E-state index contributed by atoms with van der Waals surface area (Å²) in [6.45, 7) is 7.78. The van der Waals surface area contributed by atoms with Gasteiger partial charge < -0.3 is 9.42 Å². The summed E-state index contributed by atoms with van der Waals surface area (Å²) in [6, 6.07) is 19.0. The zero-order chi connectivity index (χ0) is 26.0. The number of pyridine rings is 1. The van der Waals surface area contributed by atoms with Crippen LogP contribution in [0.2, 0.25) is 0 Å². The van der Waals surface area contributed by atoms with Gasteiger partial charge in [0.05, 0.1) is 21.8 Å². The van der Waals surface area contributed by atoms with Gasteiger partial charge in [-0.15, -0.1) is 0 Å². The first kappa shape index (κ1) is 25.7. The number of benzene rings is 2. The van der Waals surface area contributed by atoms with Gasteiger partial charge in [-0.05, 0) is 57.0 Å². The molecule has 0 aliphatic rings. The number of fused-ring (bicyclic) bond motifs is 1. The van der Waals surface area contributed by atoms with Crippen molar-refractivity contribution in [3.63, 3.8) is 0 Å². The third-order valence-electron chi connectivity index (χ3n) is 6.00. The van der Waals surface area contributed by atoms with Crippen LogP contribution in [0.3, 0.4) is 0 Å². The van der Waals surface area contributed by atoms with Crippen LogP contribution in [0.15, 0.2) is 65.2 Å². The Morgan fingerprint density at radius 3 is 2.47 bits per heavy atom. The van der Waals surface area contributed by atoms with Gasteiger partial charge >= 0.3 is 0 Å². The molecule has 188 valence electrons. The Bertz CT molecular complexity index is 1420. The minimum atomic E-state index is -1.35. The molecular formula is C28H32N4O3S. The molecule has 2 heterocycles. The number of para-hydroxylation sites is 1. The van der Waals surface area contributed by atoms with Crippen LogP contribution < -0.4 is 4.72 Å². The molecule has 2 aromatic heterocycles. The van der Waals surface area contributed by atoms with Crippen LogP contribution in [-0.2, 0) is 17.4 Å². The fraction of sp³-hybridized carbons (Fsp3) is 0.321. The zero-order valence-electron chi connectivity index (χ0n) is 21.5. The van der Waals surface area contributed by atoms with E-state index in [-0.39, 0.29) is 11.9 Å². The number of nitrogens with zero attached hydrogens (tertiary/aromatic N) is 3. The molecule has 4 aromatic rings. The largest absolute Gasteiger partial charge is 0.356 e. The standard InChI is InChI=1S/C28H32N4O3S/c1-18-15-16-22(27(33)32(5)6)29-23(18)17-24(31-36(34)28(2,3)4)19-11-7-8-12-20(19)26-21-13-9-10-14-25(21)35-30-26/h7-16,24,31H,17H2,1-6H3/t24-,36-/m0/s1. The molecule has 0 bridgehead atoms. The first-order valence-electron chi connectivity index (χ1n) is 11.9. The Kier molecular flexibility index (Phi) is 7.38. The van der Waals surface area contributed by atoms with Crippen molar-refractivity contribution in [3.05, 3.63) is 83.2 Å². The summed E-state index contributed by atoms with van der Waals surface area (Å²) >= 11 is 0. The smallest absolute Gasteiger partial charge is 0.271 e. The van der Waals surface area contributed by atoms with E-state index >= 15 is 0 Å². The molecular weight excluding hydrogens is 472 g/mol. The summed E-state index contributed by atoms with van der Waals surface area (Å²) in [5.74, 6) is -0.159. The van der Waals surface area contributed by atoms with Crippen molar-refractivity contribution in [3.8, 4) is 11.3 Å². The lowest BCUT2D eigenvalue weighted by Crippen LogP contribution is -2.37. The van der Waals surface area contributed by atoms with Crippen LogP contribution in [0.1, 0.15) is 54.1 Å². The third-order valence-corrected chi connectivity index (χ3v) is 7.61. The van der Waals surface area contributed by atoms with Crippen molar-refractivity contribution in [1.29, 1.82) is 0 Å². The predicted molar refractivity (Wildman–Crippen MR) is 144 cm³/mol. The van der Waals surface area contributed by atoms with Crippen molar-refractivity contribution in [2.75, 3.05) is 14.1 Å². The van der Waals surface area contributed by atoms with Gasteiger partial charge in [0.25, 0.3) is 5.91 Å². The predicted octanol–water partition coefficient (Wildman–Crippen LogP) is 5.24. The molecule has 0 saturated carbocycles. The summed E-state index contributed by atoms with van der Waals surface area (Å²) in [4.78, 5) is 18.8. The molecule has 0 spiro atoms. The molecule has 36 heavy (non-hydrogen) atoms. The van der Waals surface area contributed by atoms with Gasteiger partial charge in [-0.2, -0.15) is 0 Å². The van der Waals surface area contributed by atoms with E-state index in [9.17, 15) is 9.00 Å². The van der Waals surface area contributed by atoms with Gasteiger partial charge in [0, 0.05) is 37.2 Å². The third kappa shape index (κ3) is 5.39. The number of rotatable bonds is 7. The maximum atomic E-state index is 13.3. The normalized spacial score (nSPS) is 13.5. The highest BCUT2D eigenvalue weighted by molar-refractivity contribution is 7.84. The second kappa shape index (κ2) is 10.3. The first-order valence-corrected chi connectivity index (χ1v) is 13.0. The lowest BCUT2D eigenvalue weighted by molar-refractivity contribution is 0.0821. The van der Waals surface area contributed by atoms with Crippen molar-refractivity contribution < 1.29 is 13.5 Å². The molecule has 0 saturated heterocycles. The minimum absolute atomic E-state index is 0.159. The van der Waals surface area contributed by atoms with E-state index in [0.29, 0.717) is 17.7 Å². The van der Waals surface area contributed by atoms with Gasteiger partial charge in [-0.25, -0.2) is 13.9 Å². The molecule has 2 atom stereocenters. The van der Waals surface area contributed by atoms with Crippen LogP contribution in [0, 0.1) is 6.92 Å². The molecule has 8 heteroatoms. The molecule has 1 amide bonds. The first-order chi connectivity index (χ1) is 17.1. The monoisotopic (exact) mass is 504 g/mol. The number of amides is 1. The SMILES string of the molecule is Cc1ccc(C(=O)N(C)C)nc1C[C@H](N[S@@](=O)C(C)(C)C)c1ccccc1-c1noc2ccccc12. The Morgan fingerprint density at radius 1 is 1.06 bits per heavy atom. The average Bonchev–Trinajstić information content (AvgIpc) is 3.27. The van der Waals surface area contributed by atoms with Crippen LogP contribution in [0.4, 0.5) is 0 Å². The lowest BCUT2D eigenvalue weighted by Gasteiger charge is -2.26. The number of hydrogen-bond donors (Lipinski definition) is 1. The van der Waals surface area contributed by atoms with Gasteiger partial charge in [-0.3, -0.25) is 4.79 Å². The topological polar surface area (TPSA) is 88.3 Å². The molecule has 7 nitrogen and oxygen atoms in total. The Morgan fingerprint density at radius 2 is 1.75 bits per heavy atom. The summed E-state index contributed by atoms with van der Waals surface area (Å²) in [7, 11) is 2.07. The van der Waals surface area contributed by atoms with Crippen LogP contribution in [0.5, 0.6) is 0 Å². The van der Waals surface area contributed by atoms with E-state index in [4.69, 9.17) is 9.51 Å². The number of aryl methyl sites for hydroxylation is 1.